The van der Waals surface area contributed by atoms with Gasteiger partial charge in [-0.15, -0.1) is 52.7 Å². The molecule has 0 aliphatic heterocycles. The second-order valence-corrected chi connectivity index (χ2v) is 17.6. The monoisotopic (exact) mass is 759 g/mol. The number of benzene rings is 3. The first-order valence-corrected chi connectivity index (χ1v) is 18.5. The van der Waals surface area contributed by atoms with Crippen LogP contribution in [0.1, 0.15) is 48.3 Å². The van der Waals surface area contributed by atoms with Crippen LogP contribution in [0.2, 0.25) is 19.6 Å². The molecule has 0 N–H and O–H groups in total. The largest absolute Gasteiger partial charge is 0.501 e. The van der Waals surface area contributed by atoms with E-state index in [1.54, 1.807) is 0 Å². The molecule has 0 bridgehead atoms. The molecule has 3 aromatic carbocycles. The van der Waals surface area contributed by atoms with Crippen LogP contribution in [-0.4, -0.2) is 18.0 Å². The summed E-state index contributed by atoms with van der Waals surface area (Å²) in [5.74, 6) is 0.675. The Hall–Kier alpha value is -3.37. The van der Waals surface area contributed by atoms with Gasteiger partial charge in [0.25, 0.3) is 0 Å². The van der Waals surface area contributed by atoms with Crippen molar-refractivity contribution in [3.8, 4) is 22.5 Å². The SMILES string of the molecule is C[Si](C)(C)c1c[c-]c(-c2cc(C3CCCC3)ccn2)c2oc3ccccc3c12.Cc1c[c-]c(-c2ccc(C)cn2)cc1.[Ir]. The number of pyridine rings is 2. The molecular formula is C38H38IrN2OSi-2. The van der Waals surface area contributed by atoms with Crippen molar-refractivity contribution >= 4 is 35.2 Å². The second-order valence-electron chi connectivity index (χ2n) is 12.6. The summed E-state index contributed by atoms with van der Waals surface area (Å²) in [5.41, 5.74) is 9.72. The van der Waals surface area contributed by atoms with Gasteiger partial charge >= 0.3 is 0 Å². The van der Waals surface area contributed by atoms with E-state index in [-0.39, 0.29) is 20.1 Å². The number of hydrogen-bond donors (Lipinski definition) is 0. The molecule has 43 heavy (non-hydrogen) atoms. The quantitative estimate of drug-likeness (QED) is 0.133. The van der Waals surface area contributed by atoms with Crippen LogP contribution in [0.15, 0.2) is 89.6 Å². The van der Waals surface area contributed by atoms with Crippen LogP contribution in [0, 0.1) is 26.0 Å². The molecule has 0 unspecified atom stereocenters. The predicted octanol–water partition coefficient (Wildman–Crippen LogP) is 9.81. The number of hydrogen-bond acceptors (Lipinski definition) is 3. The molecule has 5 heteroatoms. The fourth-order valence-electron chi connectivity index (χ4n) is 5.94. The molecule has 7 rings (SSSR count). The fraction of sp³-hybridized carbons (Fsp3) is 0.263. The zero-order chi connectivity index (χ0) is 29.3. The second kappa shape index (κ2) is 13.1. The van der Waals surface area contributed by atoms with Gasteiger partial charge < -0.3 is 14.4 Å². The third-order valence-corrected chi connectivity index (χ3v) is 10.3. The first kappa shape index (κ1) is 31.1. The summed E-state index contributed by atoms with van der Waals surface area (Å²) >= 11 is 0. The van der Waals surface area contributed by atoms with E-state index < -0.39 is 8.07 Å². The van der Waals surface area contributed by atoms with E-state index in [9.17, 15) is 0 Å². The first-order chi connectivity index (χ1) is 20.3. The smallest absolute Gasteiger partial charge is 0.120 e. The Kier molecular flexibility index (Phi) is 9.46. The van der Waals surface area contributed by atoms with Gasteiger partial charge in [0, 0.05) is 46.0 Å². The van der Waals surface area contributed by atoms with Crippen molar-refractivity contribution in [1.29, 1.82) is 0 Å². The molecule has 1 aliphatic rings. The van der Waals surface area contributed by atoms with Crippen LogP contribution in [0.5, 0.6) is 0 Å². The number of fused-ring (bicyclic) bond motifs is 3. The molecule has 3 heterocycles. The number of furan rings is 1. The zero-order valence-corrected chi connectivity index (χ0v) is 29.0. The molecule has 3 nitrogen and oxygen atoms in total. The van der Waals surface area contributed by atoms with Crippen LogP contribution >= 0.6 is 0 Å². The third-order valence-electron chi connectivity index (χ3n) is 8.28. The van der Waals surface area contributed by atoms with Gasteiger partial charge in [-0.2, -0.15) is 0 Å². The van der Waals surface area contributed by atoms with Crippen molar-refractivity contribution in [1.82, 2.24) is 9.97 Å². The average Bonchev–Trinajstić information content (AvgIpc) is 3.67. The third kappa shape index (κ3) is 6.75. The van der Waals surface area contributed by atoms with Gasteiger partial charge in [0.1, 0.15) is 5.58 Å². The predicted molar refractivity (Wildman–Crippen MR) is 178 cm³/mol. The number of nitrogens with zero attached hydrogens (tertiary/aromatic N) is 2. The summed E-state index contributed by atoms with van der Waals surface area (Å²) in [4.78, 5) is 9.06. The van der Waals surface area contributed by atoms with Gasteiger partial charge in [-0.05, 0) is 54.8 Å². The summed E-state index contributed by atoms with van der Waals surface area (Å²) in [5, 5.41) is 3.87. The fourth-order valence-corrected chi connectivity index (χ4v) is 7.44. The van der Waals surface area contributed by atoms with Crippen LogP contribution in [0.25, 0.3) is 44.5 Å². The van der Waals surface area contributed by atoms with Crippen LogP contribution in [0.4, 0.5) is 0 Å². The normalized spacial score (nSPS) is 13.5. The van der Waals surface area contributed by atoms with Gasteiger partial charge in [0.05, 0.1) is 5.58 Å². The van der Waals surface area contributed by atoms with Gasteiger partial charge in [-0.25, -0.2) is 0 Å². The molecular weight excluding hydrogens is 721 g/mol. The van der Waals surface area contributed by atoms with Crippen LogP contribution in [-0.2, 0) is 20.1 Å². The van der Waals surface area contributed by atoms with E-state index in [1.165, 1.54) is 58.3 Å². The van der Waals surface area contributed by atoms with E-state index in [4.69, 9.17) is 9.40 Å². The molecule has 1 radical (unpaired) electrons. The minimum absolute atomic E-state index is 0. The maximum absolute atomic E-state index is 6.39. The van der Waals surface area contributed by atoms with Crippen molar-refractivity contribution in [3.63, 3.8) is 0 Å². The zero-order valence-electron chi connectivity index (χ0n) is 25.6. The van der Waals surface area contributed by atoms with Gasteiger partial charge in [0.15, 0.2) is 0 Å². The Balaban J connectivity index is 0.000000208. The van der Waals surface area contributed by atoms with Crippen LogP contribution < -0.4 is 5.19 Å². The number of para-hydroxylation sites is 1. The number of aryl methyl sites for hydroxylation is 2. The Morgan fingerprint density at radius 2 is 1.58 bits per heavy atom. The van der Waals surface area contributed by atoms with Crippen molar-refractivity contribution in [2.75, 3.05) is 0 Å². The Bertz CT molecular complexity index is 1790. The van der Waals surface area contributed by atoms with Gasteiger partial charge in [0.2, 0.25) is 0 Å². The van der Waals surface area contributed by atoms with E-state index in [0.717, 1.165) is 33.7 Å². The van der Waals surface area contributed by atoms with E-state index in [1.807, 2.05) is 43.6 Å². The van der Waals surface area contributed by atoms with E-state index in [0.29, 0.717) is 5.92 Å². The van der Waals surface area contributed by atoms with Crippen molar-refractivity contribution < 1.29 is 24.5 Å². The molecule has 221 valence electrons. The molecule has 0 spiro atoms. The number of rotatable bonds is 4. The topological polar surface area (TPSA) is 38.9 Å². The molecule has 3 aromatic heterocycles. The Morgan fingerprint density at radius 1 is 0.814 bits per heavy atom. The summed E-state index contributed by atoms with van der Waals surface area (Å²) in [6, 6.07) is 32.0. The molecule has 6 aromatic rings. The summed E-state index contributed by atoms with van der Waals surface area (Å²) < 4.78 is 6.39. The maximum atomic E-state index is 6.39. The molecule has 0 atom stereocenters. The van der Waals surface area contributed by atoms with Gasteiger partial charge in [-0.3, -0.25) is 0 Å². The van der Waals surface area contributed by atoms with E-state index in [2.05, 4.69) is 92.2 Å². The Morgan fingerprint density at radius 3 is 2.28 bits per heavy atom. The molecule has 0 saturated heterocycles. The summed E-state index contributed by atoms with van der Waals surface area (Å²) in [7, 11) is -1.55. The van der Waals surface area contributed by atoms with Gasteiger partial charge in [-0.1, -0.05) is 92.3 Å². The summed E-state index contributed by atoms with van der Waals surface area (Å²) in [6.07, 6.45) is 9.10. The molecule has 1 aliphatic carbocycles. The maximum Gasteiger partial charge on any atom is 0.120 e. The molecule has 1 saturated carbocycles. The standard InChI is InChI=1S/C25H26NOSi.C13H12N.Ir/c1-28(2,3)23-13-12-19(25-24(23)20-10-6-7-11-22(20)27-25)21-16-18(14-15-26-21)17-8-4-5-9-17;1-10-3-6-12(7-4-10)13-8-5-11(2)9-14-13;/h6-7,10-11,13-17H,4-5,8-9H2,1-3H3;3-6,8-9H,1-2H3;/q2*-1;. The minimum Gasteiger partial charge on any atom is -0.501 e. The van der Waals surface area contributed by atoms with Crippen molar-refractivity contribution in [2.24, 2.45) is 0 Å². The first-order valence-electron chi connectivity index (χ1n) is 15.0. The summed E-state index contributed by atoms with van der Waals surface area (Å²) in [6.45, 7) is 11.3. The minimum atomic E-state index is -1.55. The molecule has 1 fully saturated rings. The Labute approximate surface area is 270 Å². The van der Waals surface area contributed by atoms with E-state index >= 15 is 0 Å². The number of aromatic nitrogens is 2. The van der Waals surface area contributed by atoms with Crippen molar-refractivity contribution in [2.45, 2.75) is 65.1 Å². The average molecular weight is 759 g/mol. The van der Waals surface area contributed by atoms with Crippen LogP contribution in [0.3, 0.4) is 0 Å². The molecule has 0 amide bonds. The van der Waals surface area contributed by atoms with Crippen molar-refractivity contribution in [3.05, 3.63) is 114 Å².